The lowest BCUT2D eigenvalue weighted by molar-refractivity contribution is -0.143. The molecule has 4 heteroatoms. The Morgan fingerprint density at radius 2 is 2.29 bits per heavy atom. The SMILES string of the molecule is CNC(CCOC1CCC1)C(=O)OC. The van der Waals surface area contributed by atoms with Crippen LogP contribution in [-0.2, 0) is 14.3 Å². The average molecular weight is 201 g/mol. The second-order valence-corrected chi connectivity index (χ2v) is 3.58. The molecule has 0 radical (unpaired) electrons. The number of hydrogen-bond acceptors (Lipinski definition) is 4. The van der Waals surface area contributed by atoms with E-state index in [2.05, 4.69) is 10.1 Å². The number of esters is 1. The molecule has 0 bridgehead atoms. The van der Waals surface area contributed by atoms with Gasteiger partial charge in [-0.25, -0.2) is 0 Å². The van der Waals surface area contributed by atoms with Crippen LogP contribution < -0.4 is 5.32 Å². The van der Waals surface area contributed by atoms with Crippen LogP contribution in [0.5, 0.6) is 0 Å². The van der Waals surface area contributed by atoms with E-state index in [1.807, 2.05) is 0 Å². The minimum absolute atomic E-state index is 0.218. The van der Waals surface area contributed by atoms with E-state index in [0.29, 0.717) is 19.1 Å². The molecule has 1 unspecified atom stereocenters. The summed E-state index contributed by atoms with van der Waals surface area (Å²) in [6.07, 6.45) is 4.73. The number of ether oxygens (including phenoxy) is 2. The molecular weight excluding hydrogens is 182 g/mol. The zero-order chi connectivity index (χ0) is 10.4. The third kappa shape index (κ3) is 3.27. The van der Waals surface area contributed by atoms with Crippen molar-refractivity contribution in [1.82, 2.24) is 5.32 Å². The maximum atomic E-state index is 11.2. The number of methoxy groups -OCH3 is 1. The minimum atomic E-state index is -0.236. The highest BCUT2D eigenvalue weighted by Crippen LogP contribution is 2.21. The molecule has 0 saturated heterocycles. The molecule has 1 aliphatic rings. The Hall–Kier alpha value is -0.610. The zero-order valence-electron chi connectivity index (χ0n) is 8.91. The summed E-state index contributed by atoms with van der Waals surface area (Å²) in [6, 6.07) is -0.236. The van der Waals surface area contributed by atoms with Crippen LogP contribution in [0.25, 0.3) is 0 Å². The van der Waals surface area contributed by atoms with Gasteiger partial charge in [0.05, 0.1) is 13.2 Å². The Bertz CT molecular complexity index is 180. The van der Waals surface area contributed by atoms with Gasteiger partial charge in [-0.3, -0.25) is 4.79 Å². The molecule has 1 N–H and O–H groups in total. The molecular formula is C10H19NO3. The van der Waals surface area contributed by atoms with Crippen molar-refractivity contribution < 1.29 is 14.3 Å². The first kappa shape index (κ1) is 11.5. The van der Waals surface area contributed by atoms with E-state index < -0.39 is 0 Å². The van der Waals surface area contributed by atoms with Gasteiger partial charge >= 0.3 is 5.97 Å². The Kier molecular flexibility index (Phi) is 4.90. The van der Waals surface area contributed by atoms with Crippen LogP contribution in [0.3, 0.4) is 0 Å². The van der Waals surface area contributed by atoms with E-state index in [4.69, 9.17) is 4.74 Å². The largest absolute Gasteiger partial charge is 0.468 e. The lowest BCUT2D eigenvalue weighted by atomic mass is 9.96. The van der Waals surface area contributed by atoms with E-state index in [1.54, 1.807) is 7.05 Å². The van der Waals surface area contributed by atoms with Crippen LogP contribution in [0.4, 0.5) is 0 Å². The molecule has 0 aliphatic heterocycles. The van der Waals surface area contributed by atoms with Gasteiger partial charge in [-0.1, -0.05) is 0 Å². The van der Waals surface area contributed by atoms with Crippen LogP contribution in [0, 0.1) is 0 Å². The monoisotopic (exact) mass is 201 g/mol. The number of carbonyl (C=O) groups is 1. The lowest BCUT2D eigenvalue weighted by Crippen LogP contribution is -2.36. The summed E-state index contributed by atoms with van der Waals surface area (Å²) in [5.74, 6) is -0.218. The molecule has 1 fully saturated rings. The molecule has 0 spiro atoms. The number of hydrogen-bond donors (Lipinski definition) is 1. The van der Waals surface area contributed by atoms with Crippen molar-refractivity contribution in [3.63, 3.8) is 0 Å². The zero-order valence-corrected chi connectivity index (χ0v) is 8.91. The smallest absolute Gasteiger partial charge is 0.322 e. The summed E-state index contributed by atoms with van der Waals surface area (Å²) in [5.41, 5.74) is 0. The Morgan fingerprint density at radius 3 is 2.71 bits per heavy atom. The van der Waals surface area contributed by atoms with Crippen molar-refractivity contribution in [3.05, 3.63) is 0 Å². The summed E-state index contributed by atoms with van der Waals surface area (Å²) >= 11 is 0. The highest BCUT2D eigenvalue weighted by atomic mass is 16.5. The van der Waals surface area contributed by atoms with Gasteiger partial charge in [0, 0.05) is 6.61 Å². The molecule has 0 aromatic rings. The topological polar surface area (TPSA) is 47.6 Å². The summed E-state index contributed by atoms with van der Waals surface area (Å²) in [7, 11) is 3.16. The summed E-state index contributed by atoms with van der Waals surface area (Å²) in [4.78, 5) is 11.2. The van der Waals surface area contributed by atoms with Crippen molar-refractivity contribution in [1.29, 1.82) is 0 Å². The second-order valence-electron chi connectivity index (χ2n) is 3.58. The van der Waals surface area contributed by atoms with Crippen LogP contribution >= 0.6 is 0 Å². The number of carbonyl (C=O) groups excluding carboxylic acids is 1. The van der Waals surface area contributed by atoms with Gasteiger partial charge in [0.15, 0.2) is 0 Å². The van der Waals surface area contributed by atoms with E-state index in [9.17, 15) is 4.79 Å². The standard InChI is InChI=1S/C10H19NO3/c1-11-9(10(12)13-2)6-7-14-8-4-3-5-8/h8-9,11H,3-7H2,1-2H3. The fourth-order valence-electron chi connectivity index (χ4n) is 1.41. The Morgan fingerprint density at radius 1 is 1.57 bits per heavy atom. The van der Waals surface area contributed by atoms with Gasteiger partial charge in [-0.2, -0.15) is 0 Å². The Balaban J connectivity index is 2.09. The highest BCUT2D eigenvalue weighted by Gasteiger charge is 2.20. The van der Waals surface area contributed by atoms with Gasteiger partial charge in [0.2, 0.25) is 0 Å². The van der Waals surface area contributed by atoms with Gasteiger partial charge < -0.3 is 14.8 Å². The maximum absolute atomic E-state index is 11.2. The molecule has 1 saturated carbocycles. The predicted octanol–water partition coefficient (Wildman–Crippen LogP) is 0.707. The predicted molar refractivity (Wildman–Crippen MR) is 53.1 cm³/mol. The minimum Gasteiger partial charge on any atom is -0.468 e. The van der Waals surface area contributed by atoms with Crippen LogP contribution in [0.2, 0.25) is 0 Å². The molecule has 1 atom stereocenters. The maximum Gasteiger partial charge on any atom is 0.322 e. The molecule has 0 aromatic heterocycles. The first-order valence-corrected chi connectivity index (χ1v) is 5.14. The van der Waals surface area contributed by atoms with E-state index in [0.717, 1.165) is 0 Å². The fourth-order valence-corrected chi connectivity index (χ4v) is 1.41. The highest BCUT2D eigenvalue weighted by molar-refractivity contribution is 5.75. The van der Waals surface area contributed by atoms with Crippen molar-refractivity contribution in [3.8, 4) is 0 Å². The Labute approximate surface area is 85.0 Å². The van der Waals surface area contributed by atoms with Crippen molar-refractivity contribution >= 4 is 5.97 Å². The normalized spacial score (nSPS) is 18.7. The molecule has 14 heavy (non-hydrogen) atoms. The number of nitrogens with one attached hydrogen (secondary N) is 1. The molecule has 0 heterocycles. The van der Waals surface area contributed by atoms with Gasteiger partial charge in [0.25, 0.3) is 0 Å². The number of rotatable bonds is 6. The fraction of sp³-hybridized carbons (Fsp3) is 0.900. The first-order chi connectivity index (χ1) is 6.77. The van der Waals surface area contributed by atoms with Crippen LogP contribution in [0.1, 0.15) is 25.7 Å². The number of likely N-dealkylation sites (N-methyl/N-ethyl adjacent to an activating group) is 1. The molecule has 4 nitrogen and oxygen atoms in total. The second kappa shape index (κ2) is 5.98. The average Bonchev–Trinajstić information content (AvgIpc) is 2.14. The summed E-state index contributed by atoms with van der Waals surface area (Å²) in [5, 5.41) is 2.91. The van der Waals surface area contributed by atoms with E-state index in [1.165, 1.54) is 26.4 Å². The lowest BCUT2D eigenvalue weighted by Gasteiger charge is -2.26. The van der Waals surface area contributed by atoms with Gasteiger partial charge in [-0.15, -0.1) is 0 Å². The van der Waals surface area contributed by atoms with Crippen molar-refractivity contribution in [2.45, 2.75) is 37.8 Å². The molecule has 0 aromatic carbocycles. The van der Waals surface area contributed by atoms with Gasteiger partial charge in [-0.05, 0) is 32.7 Å². The van der Waals surface area contributed by atoms with E-state index >= 15 is 0 Å². The quantitative estimate of drug-likeness (QED) is 0.643. The molecule has 0 amide bonds. The third-order valence-electron chi connectivity index (χ3n) is 2.65. The van der Waals surface area contributed by atoms with Crippen molar-refractivity contribution in [2.75, 3.05) is 20.8 Å². The summed E-state index contributed by atoms with van der Waals surface area (Å²) < 4.78 is 10.2. The van der Waals surface area contributed by atoms with Crippen LogP contribution in [-0.4, -0.2) is 38.9 Å². The van der Waals surface area contributed by atoms with Gasteiger partial charge in [0.1, 0.15) is 6.04 Å². The third-order valence-corrected chi connectivity index (χ3v) is 2.65. The molecule has 1 rings (SSSR count). The van der Waals surface area contributed by atoms with E-state index in [-0.39, 0.29) is 12.0 Å². The summed E-state index contributed by atoms with van der Waals surface area (Å²) in [6.45, 7) is 0.630. The molecule has 82 valence electrons. The molecule has 1 aliphatic carbocycles. The first-order valence-electron chi connectivity index (χ1n) is 5.14. The van der Waals surface area contributed by atoms with Crippen LogP contribution in [0.15, 0.2) is 0 Å². The van der Waals surface area contributed by atoms with Crippen molar-refractivity contribution in [2.24, 2.45) is 0 Å².